The minimum absolute atomic E-state index is 0.00830. The Morgan fingerprint density at radius 1 is 1.50 bits per heavy atom. The quantitative estimate of drug-likeness (QED) is 0.818. The zero-order chi connectivity index (χ0) is 14.7. The highest BCUT2D eigenvalue weighted by atomic mass is 16.2. The van der Waals surface area contributed by atoms with Crippen molar-refractivity contribution in [3.63, 3.8) is 0 Å². The summed E-state index contributed by atoms with van der Waals surface area (Å²) in [5.41, 5.74) is 8.17. The molecule has 1 saturated heterocycles. The predicted octanol–water partition coefficient (Wildman–Crippen LogP) is 1.48. The molecule has 0 radical (unpaired) electrons. The highest BCUT2D eigenvalue weighted by Gasteiger charge is 2.20. The Morgan fingerprint density at radius 3 is 2.85 bits per heavy atom. The lowest BCUT2D eigenvalue weighted by Gasteiger charge is -2.21. The van der Waals surface area contributed by atoms with Crippen molar-refractivity contribution >= 4 is 17.3 Å². The maximum absolute atomic E-state index is 12.0. The van der Waals surface area contributed by atoms with Gasteiger partial charge in [-0.3, -0.25) is 4.79 Å². The first-order valence-corrected chi connectivity index (χ1v) is 7.04. The van der Waals surface area contributed by atoms with Gasteiger partial charge in [0, 0.05) is 32.2 Å². The summed E-state index contributed by atoms with van der Waals surface area (Å²) < 4.78 is 0. The van der Waals surface area contributed by atoms with Gasteiger partial charge in [-0.1, -0.05) is 0 Å². The van der Waals surface area contributed by atoms with E-state index >= 15 is 0 Å². The molecule has 0 bridgehead atoms. The summed E-state index contributed by atoms with van der Waals surface area (Å²) in [6.45, 7) is 2.02. The molecule has 1 unspecified atom stereocenters. The third kappa shape index (κ3) is 3.22. The van der Waals surface area contributed by atoms with Crippen LogP contribution in [-0.4, -0.2) is 56.0 Å². The molecule has 1 aliphatic heterocycles. The van der Waals surface area contributed by atoms with Crippen molar-refractivity contribution in [1.29, 1.82) is 0 Å². The molecule has 2 rings (SSSR count). The zero-order valence-electron chi connectivity index (χ0n) is 12.5. The van der Waals surface area contributed by atoms with Gasteiger partial charge in [-0.2, -0.15) is 0 Å². The Balaban J connectivity index is 2.06. The first kappa shape index (κ1) is 14.7. The number of carbonyl (C=O) groups excluding carboxylic acids is 1. The van der Waals surface area contributed by atoms with Crippen molar-refractivity contribution < 1.29 is 4.79 Å². The van der Waals surface area contributed by atoms with E-state index in [0.29, 0.717) is 17.3 Å². The lowest BCUT2D eigenvalue weighted by molar-refractivity contribution is 0.0827. The molecule has 20 heavy (non-hydrogen) atoms. The Hall–Kier alpha value is -1.75. The number of likely N-dealkylation sites (N-methyl/N-ethyl adjacent to an activating group) is 1. The van der Waals surface area contributed by atoms with Crippen molar-refractivity contribution in [3.8, 4) is 0 Å². The monoisotopic (exact) mass is 276 g/mol. The number of nitrogen functional groups attached to an aromatic ring is 1. The molecule has 1 aromatic rings. The summed E-state index contributed by atoms with van der Waals surface area (Å²) in [5.74, 6) is -0.00830. The first-order valence-electron chi connectivity index (χ1n) is 7.04. The van der Waals surface area contributed by atoms with Crippen LogP contribution in [-0.2, 0) is 0 Å². The van der Waals surface area contributed by atoms with Gasteiger partial charge in [-0.15, -0.1) is 0 Å². The number of carbonyl (C=O) groups is 1. The second kappa shape index (κ2) is 6.13. The number of anilines is 2. The molecule has 1 aromatic carbocycles. The van der Waals surface area contributed by atoms with Gasteiger partial charge in [0.05, 0.1) is 11.4 Å². The van der Waals surface area contributed by atoms with Crippen LogP contribution in [0.25, 0.3) is 0 Å². The van der Waals surface area contributed by atoms with Crippen LogP contribution in [0.1, 0.15) is 23.2 Å². The highest BCUT2D eigenvalue weighted by Crippen LogP contribution is 2.22. The maximum atomic E-state index is 12.0. The van der Waals surface area contributed by atoms with Gasteiger partial charge in [0.2, 0.25) is 0 Å². The van der Waals surface area contributed by atoms with Crippen LogP contribution < -0.4 is 11.1 Å². The molecule has 0 aliphatic carbocycles. The van der Waals surface area contributed by atoms with E-state index < -0.39 is 0 Å². The number of nitrogens with two attached hydrogens (primary N) is 1. The molecule has 1 atom stereocenters. The van der Waals surface area contributed by atoms with Gasteiger partial charge in [-0.25, -0.2) is 0 Å². The summed E-state index contributed by atoms with van der Waals surface area (Å²) in [6.07, 6.45) is 2.46. The molecule has 1 amide bonds. The minimum atomic E-state index is -0.00830. The normalized spacial score (nSPS) is 19.1. The van der Waals surface area contributed by atoms with E-state index in [1.807, 2.05) is 6.07 Å². The summed E-state index contributed by atoms with van der Waals surface area (Å²) in [4.78, 5) is 15.9. The fraction of sp³-hybridized carbons (Fsp3) is 0.533. The van der Waals surface area contributed by atoms with Crippen LogP contribution in [0, 0.1) is 0 Å². The number of hydrogen-bond acceptors (Lipinski definition) is 4. The number of rotatable bonds is 4. The number of likely N-dealkylation sites (tertiary alicyclic amines) is 1. The van der Waals surface area contributed by atoms with E-state index in [9.17, 15) is 4.79 Å². The fourth-order valence-corrected chi connectivity index (χ4v) is 2.57. The Morgan fingerprint density at radius 2 is 2.25 bits per heavy atom. The number of hydrogen-bond donors (Lipinski definition) is 2. The van der Waals surface area contributed by atoms with E-state index in [4.69, 9.17) is 5.73 Å². The summed E-state index contributed by atoms with van der Waals surface area (Å²) in [7, 11) is 5.65. The fourth-order valence-electron chi connectivity index (χ4n) is 2.57. The standard InChI is InChI=1S/C15H24N4O/c1-18(2)15(20)11-6-7-13(16)14(9-11)17-10-12-5-4-8-19(12)3/h6-7,9,12,17H,4-5,8,10,16H2,1-3H3. The van der Waals surface area contributed by atoms with Gasteiger partial charge >= 0.3 is 0 Å². The molecule has 5 nitrogen and oxygen atoms in total. The van der Waals surface area contributed by atoms with Gasteiger partial charge in [0.15, 0.2) is 0 Å². The lowest BCUT2D eigenvalue weighted by Crippen LogP contribution is -2.31. The SMILES string of the molecule is CN(C)C(=O)c1ccc(N)c(NCC2CCCN2C)c1. The number of nitrogens with one attached hydrogen (secondary N) is 1. The zero-order valence-corrected chi connectivity index (χ0v) is 12.5. The van der Waals surface area contributed by atoms with Gasteiger partial charge in [-0.05, 0) is 44.6 Å². The van der Waals surface area contributed by atoms with Crippen molar-refractivity contribution in [2.75, 3.05) is 45.3 Å². The highest BCUT2D eigenvalue weighted by molar-refractivity contribution is 5.95. The molecule has 0 aromatic heterocycles. The second-order valence-electron chi connectivity index (χ2n) is 5.66. The number of nitrogens with zero attached hydrogens (tertiary/aromatic N) is 2. The molecule has 1 fully saturated rings. The third-order valence-corrected chi connectivity index (χ3v) is 3.91. The van der Waals surface area contributed by atoms with Crippen LogP contribution in [0.5, 0.6) is 0 Å². The second-order valence-corrected chi connectivity index (χ2v) is 5.66. The van der Waals surface area contributed by atoms with Gasteiger partial charge in [0.25, 0.3) is 5.91 Å². The number of amides is 1. The van der Waals surface area contributed by atoms with Crippen LogP contribution in [0.15, 0.2) is 18.2 Å². The van der Waals surface area contributed by atoms with E-state index in [1.54, 1.807) is 31.1 Å². The largest absolute Gasteiger partial charge is 0.397 e. The Bertz CT molecular complexity index is 487. The summed E-state index contributed by atoms with van der Waals surface area (Å²) in [6, 6.07) is 5.94. The molecular formula is C15H24N4O. The van der Waals surface area contributed by atoms with Gasteiger partial charge < -0.3 is 20.9 Å². The smallest absolute Gasteiger partial charge is 0.253 e. The van der Waals surface area contributed by atoms with Crippen molar-refractivity contribution in [2.24, 2.45) is 0 Å². The van der Waals surface area contributed by atoms with Gasteiger partial charge in [0.1, 0.15) is 0 Å². The third-order valence-electron chi connectivity index (χ3n) is 3.91. The molecule has 1 aliphatic rings. The molecule has 110 valence electrons. The van der Waals surface area contributed by atoms with E-state index in [2.05, 4.69) is 17.3 Å². The summed E-state index contributed by atoms with van der Waals surface area (Å²) in [5, 5.41) is 3.38. The van der Waals surface area contributed by atoms with E-state index in [-0.39, 0.29) is 5.91 Å². The van der Waals surface area contributed by atoms with E-state index in [0.717, 1.165) is 18.8 Å². The molecule has 5 heteroatoms. The van der Waals surface area contributed by atoms with Crippen molar-refractivity contribution in [3.05, 3.63) is 23.8 Å². The topological polar surface area (TPSA) is 61.6 Å². The molecule has 3 N–H and O–H groups in total. The van der Waals surface area contributed by atoms with Crippen LogP contribution >= 0.6 is 0 Å². The number of benzene rings is 1. The van der Waals surface area contributed by atoms with E-state index in [1.165, 1.54) is 12.8 Å². The predicted molar refractivity (Wildman–Crippen MR) is 83.0 cm³/mol. The molecular weight excluding hydrogens is 252 g/mol. The first-order chi connectivity index (χ1) is 9.49. The molecule has 0 saturated carbocycles. The van der Waals surface area contributed by atoms with Crippen molar-refractivity contribution in [2.45, 2.75) is 18.9 Å². The Kier molecular flexibility index (Phi) is 4.49. The summed E-state index contributed by atoms with van der Waals surface area (Å²) >= 11 is 0. The molecule has 1 heterocycles. The van der Waals surface area contributed by atoms with Crippen molar-refractivity contribution in [1.82, 2.24) is 9.80 Å². The van der Waals surface area contributed by atoms with Crippen LogP contribution in [0.2, 0.25) is 0 Å². The average Bonchev–Trinajstić information content (AvgIpc) is 2.82. The van der Waals surface area contributed by atoms with Crippen LogP contribution in [0.4, 0.5) is 11.4 Å². The Labute approximate surface area is 120 Å². The van der Waals surface area contributed by atoms with Crippen LogP contribution in [0.3, 0.4) is 0 Å². The minimum Gasteiger partial charge on any atom is -0.397 e. The average molecular weight is 276 g/mol. The molecule has 0 spiro atoms. The maximum Gasteiger partial charge on any atom is 0.253 e. The lowest BCUT2D eigenvalue weighted by atomic mass is 10.1.